The lowest BCUT2D eigenvalue weighted by molar-refractivity contribution is -0.157. The van der Waals surface area contributed by atoms with Gasteiger partial charge in [0, 0.05) is 5.69 Å². The van der Waals surface area contributed by atoms with Crippen LogP contribution in [0.3, 0.4) is 0 Å². The Kier molecular flexibility index (Phi) is 6.73. The van der Waals surface area contributed by atoms with Crippen LogP contribution in [0.4, 0.5) is 10.5 Å². The summed E-state index contributed by atoms with van der Waals surface area (Å²) < 4.78 is 9.48. The van der Waals surface area contributed by atoms with Gasteiger partial charge in [-0.2, -0.15) is 0 Å². The molecule has 0 spiro atoms. The second-order valence-electron chi connectivity index (χ2n) is 3.90. The summed E-state index contributed by atoms with van der Waals surface area (Å²) in [6.45, 7) is 3.39. The minimum Gasteiger partial charge on any atom is -0.464 e. The number of rotatable bonds is 6. The Hall–Kier alpha value is -2.57. The number of ether oxygens (including phenoxy) is 2. The van der Waals surface area contributed by atoms with Gasteiger partial charge < -0.3 is 20.1 Å². The van der Waals surface area contributed by atoms with Crippen LogP contribution in [0, 0.1) is 0 Å². The van der Waals surface area contributed by atoms with Crippen LogP contribution in [-0.2, 0) is 19.1 Å². The van der Waals surface area contributed by atoms with Gasteiger partial charge in [0.1, 0.15) is 0 Å². The monoisotopic (exact) mass is 294 g/mol. The second kappa shape index (κ2) is 8.57. The van der Waals surface area contributed by atoms with Gasteiger partial charge in [0.25, 0.3) is 0 Å². The summed E-state index contributed by atoms with van der Waals surface area (Å²) in [7, 11) is 0. The minimum atomic E-state index is -1.49. The van der Waals surface area contributed by atoms with Gasteiger partial charge in [0.2, 0.25) is 6.04 Å². The third kappa shape index (κ3) is 5.52. The van der Waals surface area contributed by atoms with Crippen LogP contribution in [0.2, 0.25) is 0 Å². The number of amides is 2. The predicted octanol–water partition coefficient (Wildman–Crippen LogP) is 1.30. The Morgan fingerprint density at radius 1 is 1.00 bits per heavy atom. The molecule has 7 nitrogen and oxygen atoms in total. The largest absolute Gasteiger partial charge is 0.464 e. The summed E-state index contributed by atoms with van der Waals surface area (Å²) in [4.78, 5) is 35.2. The average Bonchev–Trinajstić information content (AvgIpc) is 2.46. The second-order valence-corrected chi connectivity index (χ2v) is 3.90. The van der Waals surface area contributed by atoms with Gasteiger partial charge in [0.15, 0.2) is 0 Å². The summed E-state index contributed by atoms with van der Waals surface area (Å²) in [6.07, 6.45) is 0. The molecule has 1 aromatic rings. The van der Waals surface area contributed by atoms with Crippen molar-refractivity contribution in [2.24, 2.45) is 0 Å². The molecule has 0 aromatic heterocycles. The molecule has 2 N–H and O–H groups in total. The molecule has 0 saturated carbocycles. The first kappa shape index (κ1) is 16.5. The number of para-hydroxylation sites is 1. The number of carbonyl (C=O) groups excluding carboxylic acids is 3. The summed E-state index contributed by atoms with van der Waals surface area (Å²) in [6, 6.07) is 6.42. The molecule has 0 aliphatic heterocycles. The van der Waals surface area contributed by atoms with E-state index in [1.165, 1.54) is 0 Å². The number of nitrogens with one attached hydrogen (secondary N) is 2. The van der Waals surface area contributed by atoms with Gasteiger partial charge in [-0.25, -0.2) is 14.4 Å². The molecule has 7 heteroatoms. The van der Waals surface area contributed by atoms with Crippen LogP contribution in [-0.4, -0.2) is 37.2 Å². The van der Waals surface area contributed by atoms with Crippen molar-refractivity contribution < 1.29 is 23.9 Å². The third-order valence-corrected chi connectivity index (χ3v) is 2.35. The molecule has 2 amide bonds. The van der Waals surface area contributed by atoms with Crippen molar-refractivity contribution in [3.8, 4) is 0 Å². The number of benzene rings is 1. The van der Waals surface area contributed by atoms with Crippen molar-refractivity contribution in [3.63, 3.8) is 0 Å². The van der Waals surface area contributed by atoms with Crippen LogP contribution < -0.4 is 10.6 Å². The molecule has 0 bridgehead atoms. The maximum atomic E-state index is 11.8. The van der Waals surface area contributed by atoms with Crippen molar-refractivity contribution in [3.05, 3.63) is 30.3 Å². The zero-order valence-corrected chi connectivity index (χ0v) is 11.9. The molecule has 0 radical (unpaired) electrons. The van der Waals surface area contributed by atoms with Gasteiger partial charge in [0.05, 0.1) is 13.2 Å². The molecule has 1 rings (SSSR count). The Labute approximate surface area is 122 Å². The van der Waals surface area contributed by atoms with Crippen molar-refractivity contribution in [1.82, 2.24) is 5.32 Å². The first-order chi connectivity index (χ1) is 10.1. The van der Waals surface area contributed by atoms with E-state index in [0.29, 0.717) is 5.69 Å². The summed E-state index contributed by atoms with van der Waals surface area (Å²) >= 11 is 0. The summed E-state index contributed by atoms with van der Waals surface area (Å²) in [5.74, 6) is -1.72. The highest BCUT2D eigenvalue weighted by Crippen LogP contribution is 2.05. The molecule has 0 aliphatic carbocycles. The maximum absolute atomic E-state index is 11.8. The van der Waals surface area contributed by atoms with E-state index >= 15 is 0 Å². The fourth-order valence-corrected chi connectivity index (χ4v) is 1.49. The van der Waals surface area contributed by atoms with E-state index < -0.39 is 24.0 Å². The van der Waals surface area contributed by atoms with Gasteiger partial charge in [-0.3, -0.25) is 0 Å². The van der Waals surface area contributed by atoms with Crippen molar-refractivity contribution in [2.45, 2.75) is 19.9 Å². The van der Waals surface area contributed by atoms with E-state index in [0.717, 1.165) is 0 Å². The summed E-state index contributed by atoms with van der Waals surface area (Å²) in [5.41, 5.74) is 0.529. The van der Waals surface area contributed by atoms with E-state index in [-0.39, 0.29) is 13.2 Å². The lowest BCUT2D eigenvalue weighted by Crippen LogP contribution is -2.49. The maximum Gasteiger partial charge on any atom is 0.340 e. The number of urea groups is 1. The molecule has 0 heterocycles. The average molecular weight is 294 g/mol. The molecule has 0 saturated heterocycles. The van der Waals surface area contributed by atoms with Gasteiger partial charge in [-0.1, -0.05) is 18.2 Å². The smallest absolute Gasteiger partial charge is 0.340 e. The summed E-state index contributed by atoms with van der Waals surface area (Å²) in [5, 5.41) is 4.74. The Balaban J connectivity index is 2.69. The highest BCUT2D eigenvalue weighted by Gasteiger charge is 2.31. The van der Waals surface area contributed by atoms with Crippen LogP contribution in [0.15, 0.2) is 30.3 Å². The van der Waals surface area contributed by atoms with Gasteiger partial charge >= 0.3 is 18.0 Å². The Morgan fingerprint density at radius 3 is 2.00 bits per heavy atom. The molecule has 0 aliphatic rings. The van der Waals surface area contributed by atoms with Crippen LogP contribution >= 0.6 is 0 Å². The quantitative estimate of drug-likeness (QED) is 0.609. The standard InChI is InChI=1S/C14H18N2O5/c1-3-20-12(17)11(13(18)21-4-2)16-14(19)15-10-8-6-5-7-9-10/h5-9,11H,3-4H2,1-2H3,(H2,15,16,19). The molecule has 0 fully saturated rings. The Bertz CT molecular complexity index is 471. The van der Waals surface area contributed by atoms with Gasteiger partial charge in [-0.15, -0.1) is 0 Å². The zero-order chi connectivity index (χ0) is 15.7. The zero-order valence-electron chi connectivity index (χ0n) is 11.9. The van der Waals surface area contributed by atoms with Crippen LogP contribution in [0.1, 0.15) is 13.8 Å². The highest BCUT2D eigenvalue weighted by atomic mass is 16.6. The van der Waals surface area contributed by atoms with Crippen molar-refractivity contribution in [2.75, 3.05) is 18.5 Å². The number of hydrogen-bond donors (Lipinski definition) is 2. The van der Waals surface area contributed by atoms with E-state index in [9.17, 15) is 14.4 Å². The molecule has 0 unspecified atom stereocenters. The van der Waals surface area contributed by atoms with E-state index in [1.54, 1.807) is 44.2 Å². The fourth-order valence-electron chi connectivity index (χ4n) is 1.49. The number of carbonyl (C=O) groups is 3. The van der Waals surface area contributed by atoms with Crippen molar-refractivity contribution in [1.29, 1.82) is 0 Å². The van der Waals surface area contributed by atoms with E-state index in [2.05, 4.69) is 10.6 Å². The molecule has 1 aromatic carbocycles. The van der Waals surface area contributed by atoms with E-state index in [1.807, 2.05) is 0 Å². The number of hydrogen-bond acceptors (Lipinski definition) is 5. The fraction of sp³-hybridized carbons (Fsp3) is 0.357. The minimum absolute atomic E-state index is 0.0940. The van der Waals surface area contributed by atoms with Gasteiger partial charge in [-0.05, 0) is 26.0 Å². The SMILES string of the molecule is CCOC(=O)C(NC(=O)Nc1ccccc1)C(=O)OCC. The predicted molar refractivity (Wildman–Crippen MR) is 75.7 cm³/mol. The first-order valence-corrected chi connectivity index (χ1v) is 6.54. The highest BCUT2D eigenvalue weighted by molar-refractivity contribution is 6.04. The molecule has 0 atom stereocenters. The third-order valence-electron chi connectivity index (χ3n) is 2.35. The lowest BCUT2D eigenvalue weighted by atomic mass is 10.3. The Morgan fingerprint density at radius 2 is 1.52 bits per heavy atom. The molecule has 21 heavy (non-hydrogen) atoms. The van der Waals surface area contributed by atoms with E-state index in [4.69, 9.17) is 9.47 Å². The number of esters is 2. The van der Waals surface area contributed by atoms with Crippen LogP contribution in [0.25, 0.3) is 0 Å². The molecular weight excluding hydrogens is 276 g/mol. The van der Waals surface area contributed by atoms with Crippen molar-refractivity contribution >= 4 is 23.7 Å². The lowest BCUT2D eigenvalue weighted by Gasteiger charge is -2.16. The molecular formula is C14H18N2O5. The number of anilines is 1. The first-order valence-electron chi connectivity index (χ1n) is 6.54. The molecule has 114 valence electrons. The topological polar surface area (TPSA) is 93.7 Å². The van der Waals surface area contributed by atoms with Crippen LogP contribution in [0.5, 0.6) is 0 Å². The normalized spacial score (nSPS) is 9.86.